The number of benzene rings is 1. The van der Waals surface area contributed by atoms with Gasteiger partial charge >= 0.3 is 0 Å². The first-order chi connectivity index (χ1) is 9.21. The lowest BCUT2D eigenvalue weighted by molar-refractivity contribution is 0.172. The van der Waals surface area contributed by atoms with Crippen LogP contribution < -0.4 is 10.1 Å². The molecule has 1 aromatic rings. The summed E-state index contributed by atoms with van der Waals surface area (Å²) in [5.74, 6) is 0.777. The average molecular weight is 266 g/mol. The number of likely N-dealkylation sites (N-methyl/N-ethyl adjacent to an activating group) is 1. The van der Waals surface area contributed by atoms with E-state index in [1.807, 2.05) is 24.3 Å². The average Bonchev–Trinajstić information content (AvgIpc) is 2.47. The van der Waals surface area contributed by atoms with Crippen LogP contribution in [0, 0.1) is 0 Å². The van der Waals surface area contributed by atoms with Crippen molar-refractivity contribution in [2.24, 2.45) is 0 Å². The standard InChI is InChI=1S/C15H26N2O2/c1-4-17(5-2)10-9-16-12-15(18)13-7-6-8-14(11-13)19-3/h6-8,11,15-16,18H,4-5,9-10,12H2,1-3H3. The van der Waals surface area contributed by atoms with Crippen LogP contribution in [0.25, 0.3) is 0 Å². The molecule has 0 bridgehead atoms. The molecule has 4 nitrogen and oxygen atoms in total. The van der Waals surface area contributed by atoms with Crippen molar-refractivity contribution in [1.29, 1.82) is 0 Å². The first-order valence-electron chi connectivity index (χ1n) is 6.96. The minimum atomic E-state index is -0.494. The fourth-order valence-corrected chi connectivity index (χ4v) is 1.98. The number of nitrogens with one attached hydrogen (secondary N) is 1. The van der Waals surface area contributed by atoms with E-state index in [2.05, 4.69) is 24.1 Å². The molecular weight excluding hydrogens is 240 g/mol. The molecular formula is C15H26N2O2. The Morgan fingerprint density at radius 2 is 2.05 bits per heavy atom. The number of hydrogen-bond acceptors (Lipinski definition) is 4. The van der Waals surface area contributed by atoms with Gasteiger partial charge in [-0.25, -0.2) is 0 Å². The highest BCUT2D eigenvalue weighted by Gasteiger charge is 2.08. The van der Waals surface area contributed by atoms with Crippen LogP contribution >= 0.6 is 0 Å². The van der Waals surface area contributed by atoms with Gasteiger partial charge in [0.1, 0.15) is 5.75 Å². The number of aliphatic hydroxyl groups is 1. The zero-order valence-corrected chi connectivity index (χ0v) is 12.2. The summed E-state index contributed by atoms with van der Waals surface area (Å²) in [4.78, 5) is 2.35. The molecule has 0 saturated heterocycles. The van der Waals surface area contributed by atoms with Crippen LogP contribution in [0.2, 0.25) is 0 Å². The van der Waals surface area contributed by atoms with Gasteiger partial charge in [0.05, 0.1) is 13.2 Å². The second-order valence-electron chi connectivity index (χ2n) is 4.52. The van der Waals surface area contributed by atoms with Gasteiger partial charge in [0.15, 0.2) is 0 Å². The molecule has 0 aromatic heterocycles. The number of methoxy groups -OCH3 is 1. The number of aliphatic hydroxyl groups excluding tert-OH is 1. The van der Waals surface area contributed by atoms with Crippen molar-refractivity contribution in [3.8, 4) is 5.75 Å². The summed E-state index contributed by atoms with van der Waals surface area (Å²) in [5, 5.41) is 13.4. The molecule has 19 heavy (non-hydrogen) atoms. The van der Waals surface area contributed by atoms with Gasteiger partial charge in [-0.3, -0.25) is 0 Å². The van der Waals surface area contributed by atoms with E-state index in [1.165, 1.54) is 0 Å². The fraction of sp³-hybridized carbons (Fsp3) is 0.600. The van der Waals surface area contributed by atoms with Crippen molar-refractivity contribution in [2.45, 2.75) is 20.0 Å². The first kappa shape index (κ1) is 16.0. The van der Waals surface area contributed by atoms with Gasteiger partial charge in [0.2, 0.25) is 0 Å². The van der Waals surface area contributed by atoms with Crippen LogP contribution in [0.1, 0.15) is 25.5 Å². The minimum Gasteiger partial charge on any atom is -0.497 e. The molecule has 0 radical (unpaired) electrons. The second kappa shape index (κ2) is 8.91. The predicted molar refractivity (Wildman–Crippen MR) is 78.6 cm³/mol. The molecule has 0 saturated carbocycles. The molecule has 1 aromatic carbocycles. The van der Waals surface area contributed by atoms with E-state index >= 15 is 0 Å². The van der Waals surface area contributed by atoms with Gasteiger partial charge in [-0.1, -0.05) is 26.0 Å². The Balaban J connectivity index is 2.32. The van der Waals surface area contributed by atoms with Crippen LogP contribution in [0.3, 0.4) is 0 Å². The topological polar surface area (TPSA) is 44.7 Å². The summed E-state index contributed by atoms with van der Waals surface area (Å²) in [6, 6.07) is 7.56. The molecule has 0 fully saturated rings. The molecule has 1 rings (SSSR count). The van der Waals surface area contributed by atoms with Crippen molar-refractivity contribution in [1.82, 2.24) is 10.2 Å². The summed E-state index contributed by atoms with van der Waals surface area (Å²) < 4.78 is 5.15. The SMILES string of the molecule is CCN(CC)CCNCC(O)c1cccc(OC)c1. The lowest BCUT2D eigenvalue weighted by atomic mass is 10.1. The Bertz CT molecular complexity index is 354. The predicted octanol–water partition coefficient (Wildman–Crippen LogP) is 1.66. The van der Waals surface area contributed by atoms with Crippen LogP contribution in [0.15, 0.2) is 24.3 Å². The van der Waals surface area contributed by atoms with Gasteiger partial charge in [-0.05, 0) is 30.8 Å². The lowest BCUT2D eigenvalue weighted by Gasteiger charge is -2.19. The first-order valence-corrected chi connectivity index (χ1v) is 6.96. The van der Waals surface area contributed by atoms with Crippen molar-refractivity contribution >= 4 is 0 Å². The summed E-state index contributed by atoms with van der Waals surface area (Å²) >= 11 is 0. The van der Waals surface area contributed by atoms with Crippen molar-refractivity contribution < 1.29 is 9.84 Å². The zero-order valence-electron chi connectivity index (χ0n) is 12.2. The van der Waals surface area contributed by atoms with Gasteiger partial charge in [0.25, 0.3) is 0 Å². The monoisotopic (exact) mass is 266 g/mol. The van der Waals surface area contributed by atoms with Crippen molar-refractivity contribution in [3.63, 3.8) is 0 Å². The molecule has 0 aliphatic heterocycles. The molecule has 1 unspecified atom stereocenters. The second-order valence-corrected chi connectivity index (χ2v) is 4.52. The zero-order chi connectivity index (χ0) is 14.1. The van der Waals surface area contributed by atoms with E-state index < -0.39 is 6.10 Å². The number of nitrogens with zero attached hydrogens (tertiary/aromatic N) is 1. The molecule has 1 atom stereocenters. The third-order valence-corrected chi connectivity index (χ3v) is 3.32. The quantitative estimate of drug-likeness (QED) is 0.667. The summed E-state index contributed by atoms with van der Waals surface area (Å²) in [6.45, 7) is 8.92. The largest absolute Gasteiger partial charge is 0.497 e. The molecule has 0 heterocycles. The smallest absolute Gasteiger partial charge is 0.119 e. The number of ether oxygens (including phenoxy) is 1. The van der Waals surface area contributed by atoms with E-state index in [4.69, 9.17) is 4.74 Å². The Kier molecular flexibility index (Phi) is 7.48. The maximum absolute atomic E-state index is 10.1. The van der Waals surface area contributed by atoms with Crippen molar-refractivity contribution in [2.75, 3.05) is 39.8 Å². The molecule has 108 valence electrons. The van der Waals surface area contributed by atoms with E-state index in [-0.39, 0.29) is 0 Å². The Morgan fingerprint density at radius 3 is 2.68 bits per heavy atom. The fourth-order valence-electron chi connectivity index (χ4n) is 1.98. The van der Waals surface area contributed by atoms with Crippen molar-refractivity contribution in [3.05, 3.63) is 29.8 Å². The van der Waals surface area contributed by atoms with Crippen LogP contribution in [0.4, 0.5) is 0 Å². The lowest BCUT2D eigenvalue weighted by Crippen LogP contribution is -2.33. The van der Waals surface area contributed by atoms with Crippen LogP contribution in [0.5, 0.6) is 5.75 Å². The molecule has 0 spiro atoms. The number of hydrogen-bond donors (Lipinski definition) is 2. The third kappa shape index (κ3) is 5.59. The Morgan fingerprint density at radius 1 is 1.32 bits per heavy atom. The summed E-state index contributed by atoms with van der Waals surface area (Å²) in [5.41, 5.74) is 0.884. The van der Waals surface area contributed by atoms with E-state index in [0.717, 1.165) is 37.5 Å². The molecule has 2 N–H and O–H groups in total. The third-order valence-electron chi connectivity index (χ3n) is 3.32. The normalized spacial score (nSPS) is 12.7. The van der Waals surface area contributed by atoms with Crippen LogP contribution in [-0.2, 0) is 0 Å². The summed E-state index contributed by atoms with van der Waals surface area (Å²) in [7, 11) is 1.63. The van der Waals surface area contributed by atoms with Gasteiger partial charge in [0, 0.05) is 19.6 Å². The highest BCUT2D eigenvalue weighted by atomic mass is 16.5. The molecule has 0 amide bonds. The Labute approximate surface area is 116 Å². The maximum Gasteiger partial charge on any atom is 0.119 e. The van der Waals surface area contributed by atoms with Gasteiger partial charge in [-0.2, -0.15) is 0 Å². The molecule has 0 aliphatic carbocycles. The summed E-state index contributed by atoms with van der Waals surface area (Å²) in [6.07, 6.45) is -0.494. The minimum absolute atomic E-state index is 0.494. The number of rotatable bonds is 9. The van der Waals surface area contributed by atoms with E-state index in [9.17, 15) is 5.11 Å². The van der Waals surface area contributed by atoms with Gasteiger partial charge < -0.3 is 20.1 Å². The highest BCUT2D eigenvalue weighted by Crippen LogP contribution is 2.18. The highest BCUT2D eigenvalue weighted by molar-refractivity contribution is 5.29. The van der Waals surface area contributed by atoms with Gasteiger partial charge in [-0.15, -0.1) is 0 Å². The van der Waals surface area contributed by atoms with Crippen LogP contribution in [-0.4, -0.2) is 49.8 Å². The van der Waals surface area contributed by atoms with E-state index in [1.54, 1.807) is 7.11 Å². The molecule has 0 aliphatic rings. The Hall–Kier alpha value is -1.10. The van der Waals surface area contributed by atoms with E-state index in [0.29, 0.717) is 6.54 Å². The maximum atomic E-state index is 10.1. The molecule has 4 heteroatoms.